The van der Waals surface area contributed by atoms with E-state index in [1.165, 1.54) is 21.4 Å². The average Bonchev–Trinajstić information content (AvgIpc) is 3.27. The molecule has 2 heterocycles. The average molecular weight is 397 g/mol. The summed E-state index contributed by atoms with van der Waals surface area (Å²) in [7, 11) is 0. The number of carbonyl (C=O) groups is 2. The van der Waals surface area contributed by atoms with E-state index in [2.05, 4.69) is 35.4 Å². The lowest BCUT2D eigenvalue weighted by atomic mass is 10.1. The Morgan fingerprint density at radius 2 is 1.87 bits per heavy atom. The molecule has 1 aliphatic heterocycles. The van der Waals surface area contributed by atoms with E-state index in [0.29, 0.717) is 12.2 Å². The third-order valence-electron chi connectivity index (χ3n) is 5.86. The second kappa shape index (κ2) is 7.43. The predicted molar refractivity (Wildman–Crippen MR) is 120 cm³/mol. The lowest BCUT2D eigenvalue weighted by molar-refractivity contribution is -0.121. The minimum Gasteiger partial charge on any atom is -0.361 e. The lowest BCUT2D eigenvalue weighted by Gasteiger charge is -2.17. The fraction of sp³-hybridized carbons (Fsp3) is 0.200. The van der Waals surface area contributed by atoms with Crippen molar-refractivity contribution in [2.45, 2.75) is 25.8 Å². The first-order valence-corrected chi connectivity index (χ1v) is 10.3. The second-order valence-corrected chi connectivity index (χ2v) is 7.89. The number of aryl methyl sites for hydroxylation is 1. The first-order chi connectivity index (χ1) is 14.6. The minimum atomic E-state index is -0.483. The van der Waals surface area contributed by atoms with Crippen LogP contribution in [0.2, 0.25) is 0 Å². The summed E-state index contributed by atoms with van der Waals surface area (Å²) in [4.78, 5) is 30.4. The Labute approximate surface area is 174 Å². The number of carbonyl (C=O) groups excluding carboxylic acids is 2. The van der Waals surface area contributed by atoms with E-state index >= 15 is 0 Å². The molecule has 1 saturated heterocycles. The van der Waals surface area contributed by atoms with Crippen molar-refractivity contribution in [1.82, 2.24) is 10.3 Å². The number of aromatic nitrogens is 1. The van der Waals surface area contributed by atoms with Gasteiger partial charge in [0, 0.05) is 29.0 Å². The number of hydrogen-bond acceptors (Lipinski definition) is 3. The molecule has 1 aliphatic rings. The molecule has 1 fully saturated rings. The van der Waals surface area contributed by atoms with E-state index in [9.17, 15) is 9.59 Å². The summed E-state index contributed by atoms with van der Waals surface area (Å²) < 4.78 is 0. The molecule has 0 aliphatic carbocycles. The molecule has 1 aromatic heterocycles. The highest BCUT2D eigenvalue weighted by atomic mass is 16.2. The SMILES string of the molecule is Cc1ccc2[nH]cc(CCNC3CC(=O)N(c4cccc5ccccc45)C3=O)c2c1. The van der Waals surface area contributed by atoms with Gasteiger partial charge >= 0.3 is 0 Å². The molecule has 2 amide bonds. The summed E-state index contributed by atoms with van der Waals surface area (Å²) >= 11 is 0. The monoisotopic (exact) mass is 397 g/mol. The molecule has 0 saturated carbocycles. The first kappa shape index (κ1) is 18.6. The number of aromatic amines is 1. The van der Waals surface area contributed by atoms with Crippen molar-refractivity contribution in [2.24, 2.45) is 0 Å². The molecule has 150 valence electrons. The van der Waals surface area contributed by atoms with Crippen LogP contribution in [-0.2, 0) is 16.0 Å². The summed E-state index contributed by atoms with van der Waals surface area (Å²) in [6.45, 7) is 2.72. The highest BCUT2D eigenvalue weighted by Crippen LogP contribution is 2.30. The van der Waals surface area contributed by atoms with Crippen LogP contribution in [-0.4, -0.2) is 29.4 Å². The third-order valence-corrected chi connectivity index (χ3v) is 5.86. The van der Waals surface area contributed by atoms with Gasteiger partial charge in [-0.2, -0.15) is 0 Å². The third kappa shape index (κ3) is 3.17. The molecule has 4 aromatic rings. The van der Waals surface area contributed by atoms with Crippen LogP contribution < -0.4 is 10.2 Å². The van der Waals surface area contributed by atoms with Gasteiger partial charge in [0.05, 0.1) is 18.2 Å². The molecule has 5 rings (SSSR count). The van der Waals surface area contributed by atoms with Gasteiger partial charge in [0.25, 0.3) is 5.91 Å². The molecule has 0 radical (unpaired) electrons. The van der Waals surface area contributed by atoms with E-state index in [-0.39, 0.29) is 18.2 Å². The van der Waals surface area contributed by atoms with Crippen molar-refractivity contribution >= 4 is 39.2 Å². The number of imide groups is 1. The van der Waals surface area contributed by atoms with Crippen LogP contribution in [0.15, 0.2) is 66.9 Å². The first-order valence-electron chi connectivity index (χ1n) is 10.3. The minimum absolute atomic E-state index is 0.156. The number of fused-ring (bicyclic) bond motifs is 2. The summed E-state index contributed by atoms with van der Waals surface area (Å²) in [6.07, 6.45) is 3.00. The van der Waals surface area contributed by atoms with Gasteiger partial charge in [0.2, 0.25) is 5.91 Å². The number of rotatable bonds is 5. The van der Waals surface area contributed by atoms with Crippen LogP contribution in [0.1, 0.15) is 17.5 Å². The predicted octanol–water partition coefficient (Wildman–Crippen LogP) is 4.09. The maximum atomic E-state index is 13.0. The van der Waals surface area contributed by atoms with Crippen molar-refractivity contribution in [3.05, 3.63) is 78.0 Å². The quantitative estimate of drug-likeness (QED) is 0.499. The molecule has 3 aromatic carbocycles. The summed E-state index contributed by atoms with van der Waals surface area (Å²) in [6, 6.07) is 19.4. The molecule has 0 bridgehead atoms. The molecule has 1 unspecified atom stereocenters. The van der Waals surface area contributed by atoms with Gasteiger partial charge in [0.15, 0.2) is 0 Å². The van der Waals surface area contributed by atoms with Crippen molar-refractivity contribution in [3.63, 3.8) is 0 Å². The normalized spacial score (nSPS) is 16.8. The number of benzene rings is 3. The van der Waals surface area contributed by atoms with E-state index in [1.807, 2.05) is 48.7 Å². The van der Waals surface area contributed by atoms with Crippen LogP contribution in [0.5, 0.6) is 0 Å². The Bertz CT molecular complexity index is 1270. The zero-order valence-electron chi connectivity index (χ0n) is 16.8. The molecule has 0 spiro atoms. The van der Waals surface area contributed by atoms with Crippen molar-refractivity contribution < 1.29 is 9.59 Å². The van der Waals surface area contributed by atoms with Gasteiger partial charge in [-0.15, -0.1) is 0 Å². The van der Waals surface area contributed by atoms with Gasteiger partial charge in [-0.1, -0.05) is 48.0 Å². The maximum Gasteiger partial charge on any atom is 0.251 e. The van der Waals surface area contributed by atoms with Gasteiger partial charge in [-0.05, 0) is 42.5 Å². The van der Waals surface area contributed by atoms with Gasteiger partial charge in [-0.3, -0.25) is 9.59 Å². The summed E-state index contributed by atoms with van der Waals surface area (Å²) in [5.74, 6) is -0.331. The number of hydrogen-bond donors (Lipinski definition) is 2. The van der Waals surface area contributed by atoms with Crippen molar-refractivity contribution in [2.75, 3.05) is 11.4 Å². The number of nitrogens with one attached hydrogen (secondary N) is 2. The Balaban J connectivity index is 1.31. The maximum absolute atomic E-state index is 13.0. The number of anilines is 1. The molecular formula is C25H23N3O2. The highest BCUT2D eigenvalue weighted by molar-refractivity contribution is 6.25. The fourth-order valence-corrected chi connectivity index (χ4v) is 4.33. The Morgan fingerprint density at radius 3 is 2.77 bits per heavy atom. The molecule has 5 heteroatoms. The molecule has 2 N–H and O–H groups in total. The fourth-order valence-electron chi connectivity index (χ4n) is 4.33. The van der Waals surface area contributed by atoms with Crippen molar-refractivity contribution in [3.8, 4) is 0 Å². The van der Waals surface area contributed by atoms with Crippen molar-refractivity contribution in [1.29, 1.82) is 0 Å². The number of nitrogens with zero attached hydrogens (tertiary/aromatic N) is 1. The van der Waals surface area contributed by atoms with E-state index in [0.717, 1.165) is 22.7 Å². The number of amides is 2. The Morgan fingerprint density at radius 1 is 1.03 bits per heavy atom. The topological polar surface area (TPSA) is 65.2 Å². The van der Waals surface area contributed by atoms with Crippen LogP contribution >= 0.6 is 0 Å². The Hall–Kier alpha value is -3.44. The van der Waals surface area contributed by atoms with E-state index < -0.39 is 6.04 Å². The standard InChI is InChI=1S/C25H23N3O2/c1-16-9-10-21-20(13-16)18(15-27-21)11-12-26-22-14-24(29)28(25(22)30)23-8-4-6-17-5-2-3-7-19(17)23/h2-10,13,15,22,26-27H,11-12,14H2,1H3. The number of H-pyrrole nitrogens is 1. The molecule has 1 atom stereocenters. The van der Waals surface area contributed by atoms with Gasteiger partial charge in [0.1, 0.15) is 0 Å². The van der Waals surface area contributed by atoms with Crippen LogP contribution in [0, 0.1) is 6.92 Å². The van der Waals surface area contributed by atoms with E-state index in [4.69, 9.17) is 0 Å². The van der Waals surface area contributed by atoms with Crippen LogP contribution in [0.25, 0.3) is 21.7 Å². The molecular weight excluding hydrogens is 374 g/mol. The lowest BCUT2D eigenvalue weighted by Crippen LogP contribution is -2.39. The summed E-state index contributed by atoms with van der Waals surface area (Å²) in [5, 5.41) is 6.44. The zero-order valence-corrected chi connectivity index (χ0v) is 16.8. The Kier molecular flexibility index (Phi) is 4.60. The van der Waals surface area contributed by atoms with E-state index in [1.54, 1.807) is 0 Å². The summed E-state index contributed by atoms with van der Waals surface area (Å²) in [5.41, 5.74) is 4.21. The molecule has 30 heavy (non-hydrogen) atoms. The van der Waals surface area contributed by atoms with Gasteiger partial charge < -0.3 is 10.3 Å². The molecule has 5 nitrogen and oxygen atoms in total. The largest absolute Gasteiger partial charge is 0.361 e. The van der Waals surface area contributed by atoms with Crippen LogP contribution in [0.4, 0.5) is 5.69 Å². The van der Waals surface area contributed by atoms with Crippen LogP contribution in [0.3, 0.4) is 0 Å². The highest BCUT2D eigenvalue weighted by Gasteiger charge is 2.39. The second-order valence-electron chi connectivity index (χ2n) is 7.89. The van der Waals surface area contributed by atoms with Gasteiger partial charge in [-0.25, -0.2) is 4.90 Å². The zero-order chi connectivity index (χ0) is 20.7. The smallest absolute Gasteiger partial charge is 0.251 e.